The Morgan fingerprint density at radius 1 is 1.21 bits per heavy atom. The maximum absolute atomic E-state index is 12.3. The number of thioether (sulfide) groups is 1. The van der Waals surface area contributed by atoms with Crippen LogP contribution < -0.4 is 10.6 Å². The molecule has 24 heavy (non-hydrogen) atoms. The fourth-order valence-corrected chi connectivity index (χ4v) is 2.97. The average Bonchev–Trinajstić information content (AvgIpc) is 3.28. The van der Waals surface area contributed by atoms with Gasteiger partial charge in [0.15, 0.2) is 0 Å². The molecule has 1 aromatic carbocycles. The van der Waals surface area contributed by atoms with Crippen molar-refractivity contribution >= 4 is 35.0 Å². The molecular weight excluding hydrogens is 328 g/mol. The highest BCUT2D eigenvalue weighted by atomic mass is 32.2. The fraction of sp³-hybridized carbons (Fsp3) is 0.400. The lowest BCUT2D eigenvalue weighted by Gasteiger charge is -2.12. The first-order chi connectivity index (χ1) is 11.5. The largest absolute Gasteiger partial charge is 0.326 e. The van der Waals surface area contributed by atoms with Crippen molar-refractivity contribution in [2.75, 3.05) is 10.6 Å². The monoisotopic (exact) mass is 346 g/mol. The summed E-state index contributed by atoms with van der Waals surface area (Å²) in [7, 11) is 0. The van der Waals surface area contributed by atoms with Gasteiger partial charge in [-0.15, -0.1) is 5.10 Å². The zero-order valence-electron chi connectivity index (χ0n) is 13.4. The summed E-state index contributed by atoms with van der Waals surface area (Å²) in [5.41, 5.74) is 1.36. The quantitative estimate of drug-likeness (QED) is 0.777. The molecule has 126 valence electrons. The summed E-state index contributed by atoms with van der Waals surface area (Å²) < 4.78 is 1.79. The van der Waals surface area contributed by atoms with Gasteiger partial charge in [0.1, 0.15) is 0 Å². The van der Waals surface area contributed by atoms with E-state index < -0.39 is 0 Å². The van der Waals surface area contributed by atoms with Crippen LogP contribution >= 0.6 is 11.8 Å². The summed E-state index contributed by atoms with van der Waals surface area (Å²) in [5.74, 6) is -0.261. The third-order valence-electron chi connectivity index (χ3n) is 3.48. The number of aromatic nitrogens is 4. The lowest BCUT2D eigenvalue weighted by Crippen LogP contribution is -2.23. The van der Waals surface area contributed by atoms with Crippen LogP contribution in [-0.2, 0) is 9.59 Å². The van der Waals surface area contributed by atoms with Gasteiger partial charge in [-0.05, 0) is 54.5 Å². The Morgan fingerprint density at radius 2 is 1.83 bits per heavy atom. The highest BCUT2D eigenvalue weighted by Gasteiger charge is 2.29. The molecule has 1 unspecified atom stereocenters. The van der Waals surface area contributed by atoms with Crippen molar-refractivity contribution in [3.63, 3.8) is 0 Å². The number of hydrogen-bond acceptors (Lipinski definition) is 6. The van der Waals surface area contributed by atoms with E-state index in [0.717, 1.165) is 12.8 Å². The smallest absolute Gasteiger partial charge is 0.237 e. The summed E-state index contributed by atoms with van der Waals surface area (Å²) in [6.07, 6.45) is 2.17. The van der Waals surface area contributed by atoms with Gasteiger partial charge in [0.2, 0.25) is 17.0 Å². The molecule has 0 bridgehead atoms. The van der Waals surface area contributed by atoms with E-state index in [1.165, 1.54) is 18.7 Å². The normalized spacial score (nSPS) is 14.9. The van der Waals surface area contributed by atoms with Gasteiger partial charge in [-0.25, -0.2) is 4.68 Å². The van der Waals surface area contributed by atoms with Crippen LogP contribution in [0, 0.1) is 0 Å². The summed E-state index contributed by atoms with van der Waals surface area (Å²) >= 11 is 1.34. The van der Waals surface area contributed by atoms with Crippen LogP contribution in [0.15, 0.2) is 29.4 Å². The van der Waals surface area contributed by atoms with E-state index >= 15 is 0 Å². The molecule has 0 saturated heterocycles. The summed E-state index contributed by atoms with van der Waals surface area (Å²) in [5, 5.41) is 17.5. The Kier molecular flexibility index (Phi) is 4.79. The van der Waals surface area contributed by atoms with E-state index in [2.05, 4.69) is 26.2 Å². The van der Waals surface area contributed by atoms with E-state index in [-0.39, 0.29) is 17.1 Å². The van der Waals surface area contributed by atoms with E-state index in [1.807, 2.05) is 6.92 Å². The van der Waals surface area contributed by atoms with Gasteiger partial charge >= 0.3 is 0 Å². The maximum Gasteiger partial charge on any atom is 0.237 e. The zero-order chi connectivity index (χ0) is 17.1. The molecule has 1 saturated carbocycles. The predicted octanol–water partition coefficient (Wildman–Crippen LogP) is 2.09. The minimum atomic E-state index is -0.330. The fourth-order valence-electron chi connectivity index (χ4n) is 2.11. The molecule has 2 amide bonds. The Bertz CT molecular complexity index is 741. The van der Waals surface area contributed by atoms with Gasteiger partial charge in [0, 0.05) is 18.3 Å². The van der Waals surface area contributed by atoms with Crippen LogP contribution in [0.3, 0.4) is 0 Å². The lowest BCUT2D eigenvalue weighted by atomic mass is 10.2. The minimum absolute atomic E-state index is 0.127. The molecule has 1 heterocycles. The zero-order valence-corrected chi connectivity index (χ0v) is 14.2. The first-order valence-electron chi connectivity index (χ1n) is 7.66. The first-order valence-corrected chi connectivity index (χ1v) is 8.54. The number of anilines is 2. The Labute approximate surface area is 143 Å². The molecule has 1 aliphatic carbocycles. The molecule has 1 aromatic heterocycles. The number of rotatable bonds is 6. The molecule has 9 heteroatoms. The van der Waals surface area contributed by atoms with Crippen molar-refractivity contribution in [2.24, 2.45) is 0 Å². The maximum atomic E-state index is 12.3. The van der Waals surface area contributed by atoms with Crippen molar-refractivity contribution in [1.82, 2.24) is 20.2 Å². The van der Waals surface area contributed by atoms with Gasteiger partial charge in [0.05, 0.1) is 11.3 Å². The van der Waals surface area contributed by atoms with Crippen LogP contribution in [0.25, 0.3) is 0 Å². The molecule has 1 aliphatic rings. The SMILES string of the molecule is CC(=O)Nc1ccc(NC(=O)C(C)Sc2nnnn2C2CC2)cc1. The molecule has 2 N–H and O–H groups in total. The van der Waals surface area contributed by atoms with Crippen molar-refractivity contribution in [3.05, 3.63) is 24.3 Å². The van der Waals surface area contributed by atoms with E-state index in [1.54, 1.807) is 28.9 Å². The standard InChI is InChI=1S/C15H18N6O2S/c1-9(24-15-18-19-20-21(15)13-7-8-13)14(23)17-12-5-3-11(4-6-12)16-10(2)22/h3-6,9,13H,7-8H2,1-2H3,(H,16,22)(H,17,23). The molecule has 3 rings (SSSR count). The molecule has 0 aliphatic heterocycles. The molecule has 1 fully saturated rings. The number of hydrogen-bond donors (Lipinski definition) is 2. The van der Waals surface area contributed by atoms with Gasteiger partial charge in [-0.1, -0.05) is 11.8 Å². The Hall–Kier alpha value is -2.42. The van der Waals surface area contributed by atoms with E-state index in [0.29, 0.717) is 22.6 Å². The van der Waals surface area contributed by atoms with E-state index in [9.17, 15) is 9.59 Å². The Morgan fingerprint density at radius 3 is 2.42 bits per heavy atom. The van der Waals surface area contributed by atoms with Crippen LogP contribution in [-0.4, -0.2) is 37.3 Å². The second-order valence-electron chi connectivity index (χ2n) is 5.65. The predicted molar refractivity (Wildman–Crippen MR) is 90.8 cm³/mol. The van der Waals surface area contributed by atoms with Gasteiger partial charge in [0.25, 0.3) is 0 Å². The van der Waals surface area contributed by atoms with Gasteiger partial charge < -0.3 is 10.6 Å². The van der Waals surface area contributed by atoms with Crippen molar-refractivity contribution in [2.45, 2.75) is 43.1 Å². The molecular formula is C15H18N6O2S. The molecule has 1 atom stereocenters. The molecule has 2 aromatic rings. The first kappa shape index (κ1) is 16.4. The summed E-state index contributed by atoms with van der Waals surface area (Å²) in [4.78, 5) is 23.3. The summed E-state index contributed by atoms with van der Waals surface area (Å²) in [6, 6.07) is 7.34. The average molecular weight is 346 g/mol. The lowest BCUT2D eigenvalue weighted by molar-refractivity contribution is -0.115. The minimum Gasteiger partial charge on any atom is -0.326 e. The molecule has 8 nitrogen and oxygen atoms in total. The third kappa shape index (κ3) is 4.10. The topological polar surface area (TPSA) is 102 Å². The van der Waals surface area contributed by atoms with Crippen LogP contribution in [0.5, 0.6) is 0 Å². The Balaban J connectivity index is 1.57. The molecule has 0 spiro atoms. The third-order valence-corrected chi connectivity index (χ3v) is 4.53. The van der Waals surface area contributed by atoms with Gasteiger partial charge in [-0.2, -0.15) is 0 Å². The van der Waals surface area contributed by atoms with Crippen molar-refractivity contribution in [3.8, 4) is 0 Å². The number of amides is 2. The van der Waals surface area contributed by atoms with E-state index in [4.69, 9.17) is 0 Å². The molecule has 0 radical (unpaired) electrons. The van der Waals surface area contributed by atoms with Crippen LogP contribution in [0.2, 0.25) is 0 Å². The number of nitrogens with zero attached hydrogens (tertiary/aromatic N) is 4. The number of tetrazole rings is 1. The summed E-state index contributed by atoms with van der Waals surface area (Å²) in [6.45, 7) is 3.27. The second-order valence-corrected chi connectivity index (χ2v) is 6.95. The van der Waals surface area contributed by atoms with Crippen LogP contribution in [0.4, 0.5) is 11.4 Å². The highest BCUT2D eigenvalue weighted by Crippen LogP contribution is 2.37. The number of benzene rings is 1. The number of carbonyl (C=O) groups is 2. The highest BCUT2D eigenvalue weighted by molar-refractivity contribution is 8.00. The van der Waals surface area contributed by atoms with Crippen molar-refractivity contribution in [1.29, 1.82) is 0 Å². The van der Waals surface area contributed by atoms with Crippen LogP contribution in [0.1, 0.15) is 32.7 Å². The number of nitrogens with one attached hydrogen (secondary N) is 2. The number of carbonyl (C=O) groups excluding carboxylic acids is 2. The van der Waals surface area contributed by atoms with Gasteiger partial charge in [-0.3, -0.25) is 9.59 Å². The van der Waals surface area contributed by atoms with Crippen molar-refractivity contribution < 1.29 is 9.59 Å². The second kappa shape index (κ2) is 7.00.